The maximum atomic E-state index is 13.3. The summed E-state index contributed by atoms with van der Waals surface area (Å²) >= 11 is 0. The summed E-state index contributed by atoms with van der Waals surface area (Å²) in [5.74, 6) is -1.15. The van der Waals surface area contributed by atoms with E-state index in [9.17, 15) is 8.78 Å². The summed E-state index contributed by atoms with van der Waals surface area (Å²) in [6.45, 7) is 4.59. The molecule has 0 amide bonds. The summed E-state index contributed by atoms with van der Waals surface area (Å²) in [7, 11) is 1.76. The minimum atomic E-state index is -0.575. The largest absolute Gasteiger partial charge is 0.308 e. The molecule has 0 fully saturated rings. The molecular formula is C14H17F2N3. The van der Waals surface area contributed by atoms with E-state index in [0.717, 1.165) is 17.5 Å². The molecular weight excluding hydrogens is 248 g/mol. The molecule has 0 saturated heterocycles. The van der Waals surface area contributed by atoms with Gasteiger partial charge in [-0.2, -0.15) is 5.10 Å². The highest BCUT2D eigenvalue weighted by molar-refractivity contribution is 5.30. The maximum absolute atomic E-state index is 13.3. The first-order valence-electron chi connectivity index (χ1n) is 6.22. The monoisotopic (exact) mass is 265 g/mol. The lowest BCUT2D eigenvalue weighted by molar-refractivity contribution is 0.545. The molecule has 0 aliphatic rings. The molecule has 0 aliphatic heterocycles. The van der Waals surface area contributed by atoms with Gasteiger partial charge in [0.05, 0.1) is 17.4 Å². The molecule has 2 aromatic rings. The molecule has 1 unspecified atom stereocenters. The van der Waals surface area contributed by atoms with E-state index in [0.29, 0.717) is 12.1 Å². The molecule has 0 saturated carbocycles. The average molecular weight is 265 g/mol. The van der Waals surface area contributed by atoms with Crippen molar-refractivity contribution in [2.45, 2.75) is 26.4 Å². The Morgan fingerprint density at radius 3 is 2.37 bits per heavy atom. The average Bonchev–Trinajstić information content (AvgIpc) is 2.70. The van der Waals surface area contributed by atoms with Crippen molar-refractivity contribution in [1.29, 1.82) is 0 Å². The Bertz CT molecular complexity index is 558. The van der Waals surface area contributed by atoms with Gasteiger partial charge in [0, 0.05) is 12.6 Å². The normalized spacial score (nSPS) is 12.7. The molecule has 1 aromatic carbocycles. The number of rotatable bonds is 4. The van der Waals surface area contributed by atoms with E-state index >= 15 is 0 Å². The molecule has 0 spiro atoms. The van der Waals surface area contributed by atoms with Gasteiger partial charge in [-0.3, -0.25) is 4.68 Å². The number of halogens is 2. The van der Waals surface area contributed by atoms with Crippen molar-refractivity contribution >= 4 is 0 Å². The number of nitrogens with one attached hydrogen (secondary N) is 1. The molecule has 19 heavy (non-hydrogen) atoms. The van der Waals surface area contributed by atoms with Crippen molar-refractivity contribution in [1.82, 2.24) is 15.1 Å². The van der Waals surface area contributed by atoms with Gasteiger partial charge in [-0.05, 0) is 44.7 Å². The quantitative estimate of drug-likeness (QED) is 0.921. The van der Waals surface area contributed by atoms with Crippen LogP contribution in [0.2, 0.25) is 0 Å². The van der Waals surface area contributed by atoms with E-state index in [1.54, 1.807) is 7.05 Å². The topological polar surface area (TPSA) is 29.9 Å². The van der Waals surface area contributed by atoms with Crippen LogP contribution in [-0.4, -0.2) is 16.8 Å². The Kier molecular flexibility index (Phi) is 3.95. The van der Waals surface area contributed by atoms with E-state index in [1.807, 2.05) is 24.6 Å². The second-order valence-corrected chi connectivity index (χ2v) is 4.45. The van der Waals surface area contributed by atoms with Crippen molar-refractivity contribution in [3.8, 4) is 0 Å². The highest BCUT2D eigenvalue weighted by Gasteiger charge is 2.18. The fourth-order valence-electron chi connectivity index (χ4n) is 2.28. The fourth-order valence-corrected chi connectivity index (χ4v) is 2.28. The zero-order valence-electron chi connectivity index (χ0n) is 11.2. The zero-order chi connectivity index (χ0) is 14.0. The first-order valence-corrected chi connectivity index (χ1v) is 6.22. The third-order valence-electron chi connectivity index (χ3n) is 3.04. The third-order valence-corrected chi connectivity index (χ3v) is 3.04. The summed E-state index contributed by atoms with van der Waals surface area (Å²) < 4.78 is 28.5. The van der Waals surface area contributed by atoms with Crippen LogP contribution in [0.3, 0.4) is 0 Å². The molecule has 0 radical (unpaired) electrons. The molecule has 0 aliphatic carbocycles. The second kappa shape index (κ2) is 5.48. The summed E-state index contributed by atoms with van der Waals surface area (Å²) in [4.78, 5) is 0. The van der Waals surface area contributed by atoms with Gasteiger partial charge in [-0.1, -0.05) is 0 Å². The number of nitrogens with zero attached hydrogens (tertiary/aromatic N) is 2. The van der Waals surface area contributed by atoms with Gasteiger partial charge >= 0.3 is 0 Å². The van der Waals surface area contributed by atoms with Crippen LogP contribution in [0.4, 0.5) is 8.78 Å². The van der Waals surface area contributed by atoms with Crippen molar-refractivity contribution in [2.24, 2.45) is 0 Å². The molecule has 2 rings (SSSR count). The Morgan fingerprint density at radius 1 is 1.21 bits per heavy atom. The number of hydrogen-bond acceptors (Lipinski definition) is 2. The molecule has 102 valence electrons. The van der Waals surface area contributed by atoms with E-state index in [1.165, 1.54) is 12.1 Å². The van der Waals surface area contributed by atoms with Crippen LogP contribution >= 0.6 is 0 Å². The number of hydrogen-bond donors (Lipinski definition) is 1. The van der Waals surface area contributed by atoms with E-state index in [-0.39, 0.29) is 6.04 Å². The molecule has 1 N–H and O–H groups in total. The van der Waals surface area contributed by atoms with Crippen LogP contribution in [0.5, 0.6) is 0 Å². The smallest absolute Gasteiger partial charge is 0.126 e. The highest BCUT2D eigenvalue weighted by atomic mass is 19.1. The third kappa shape index (κ3) is 2.81. The maximum Gasteiger partial charge on any atom is 0.126 e. The Balaban J connectivity index is 2.49. The van der Waals surface area contributed by atoms with Gasteiger partial charge in [-0.25, -0.2) is 8.78 Å². The number of benzene rings is 1. The predicted molar refractivity (Wildman–Crippen MR) is 69.9 cm³/mol. The predicted octanol–water partition coefficient (Wildman–Crippen LogP) is 2.80. The lowest BCUT2D eigenvalue weighted by Crippen LogP contribution is -2.21. The van der Waals surface area contributed by atoms with Crippen LogP contribution < -0.4 is 5.32 Å². The second-order valence-electron chi connectivity index (χ2n) is 4.45. The van der Waals surface area contributed by atoms with Crippen LogP contribution in [0, 0.1) is 18.6 Å². The number of aromatic nitrogens is 2. The lowest BCUT2D eigenvalue weighted by Gasteiger charge is -2.18. The molecule has 0 bridgehead atoms. The van der Waals surface area contributed by atoms with Gasteiger partial charge in [0.15, 0.2) is 0 Å². The van der Waals surface area contributed by atoms with Gasteiger partial charge in [0.2, 0.25) is 0 Å². The van der Waals surface area contributed by atoms with Crippen molar-refractivity contribution in [2.75, 3.05) is 7.05 Å². The summed E-state index contributed by atoms with van der Waals surface area (Å²) in [5, 5.41) is 7.44. The van der Waals surface area contributed by atoms with Gasteiger partial charge in [0.25, 0.3) is 0 Å². The van der Waals surface area contributed by atoms with E-state index in [2.05, 4.69) is 10.4 Å². The minimum absolute atomic E-state index is 0.286. The number of aryl methyl sites for hydroxylation is 2. The molecule has 3 nitrogen and oxygen atoms in total. The molecule has 1 aromatic heterocycles. The first-order chi connectivity index (χ1) is 9.05. The van der Waals surface area contributed by atoms with E-state index < -0.39 is 11.6 Å². The summed E-state index contributed by atoms with van der Waals surface area (Å²) in [6, 6.07) is 5.19. The molecule has 1 atom stereocenters. The zero-order valence-corrected chi connectivity index (χ0v) is 11.2. The summed E-state index contributed by atoms with van der Waals surface area (Å²) in [5.41, 5.74) is 2.33. The Labute approximate surface area is 111 Å². The summed E-state index contributed by atoms with van der Waals surface area (Å²) in [6.07, 6.45) is 0. The highest BCUT2D eigenvalue weighted by Crippen LogP contribution is 2.24. The fraction of sp³-hybridized carbons (Fsp3) is 0.357. The first kappa shape index (κ1) is 13.7. The lowest BCUT2D eigenvalue weighted by atomic mass is 10.0. The van der Waals surface area contributed by atoms with Crippen LogP contribution in [-0.2, 0) is 6.54 Å². The van der Waals surface area contributed by atoms with Crippen molar-refractivity contribution < 1.29 is 8.78 Å². The van der Waals surface area contributed by atoms with Crippen molar-refractivity contribution in [3.63, 3.8) is 0 Å². The Hall–Kier alpha value is -1.75. The van der Waals surface area contributed by atoms with Gasteiger partial charge in [0.1, 0.15) is 11.6 Å². The van der Waals surface area contributed by atoms with Gasteiger partial charge < -0.3 is 5.32 Å². The van der Waals surface area contributed by atoms with Crippen molar-refractivity contribution in [3.05, 3.63) is 52.9 Å². The minimum Gasteiger partial charge on any atom is -0.308 e. The Morgan fingerprint density at radius 2 is 1.84 bits per heavy atom. The van der Waals surface area contributed by atoms with Crippen LogP contribution in [0.1, 0.15) is 29.9 Å². The standard InChI is InChI=1S/C14H17F2N3/c1-4-19-13(5-9(2)18-19)14(17-3)10-6-11(15)8-12(16)7-10/h5-8,14,17H,4H2,1-3H3. The molecule has 1 heterocycles. The van der Waals surface area contributed by atoms with Crippen LogP contribution in [0.15, 0.2) is 24.3 Å². The van der Waals surface area contributed by atoms with Gasteiger partial charge in [-0.15, -0.1) is 0 Å². The van der Waals surface area contributed by atoms with Crippen LogP contribution in [0.25, 0.3) is 0 Å². The molecule has 5 heteroatoms. The SMILES string of the molecule is CCn1nc(C)cc1C(NC)c1cc(F)cc(F)c1. The van der Waals surface area contributed by atoms with E-state index in [4.69, 9.17) is 0 Å².